The fourth-order valence-corrected chi connectivity index (χ4v) is 3.28. The number of rotatable bonds is 3. The van der Waals surface area contributed by atoms with Crippen LogP contribution in [0.5, 0.6) is 0 Å². The van der Waals surface area contributed by atoms with Gasteiger partial charge in [0, 0.05) is 22.3 Å². The Kier molecular flexibility index (Phi) is 3.68. The van der Waals surface area contributed by atoms with Gasteiger partial charge in [0.2, 0.25) is 0 Å². The number of non-ortho nitro benzene ring substituents is 1. The summed E-state index contributed by atoms with van der Waals surface area (Å²) in [4.78, 5) is 10.4. The van der Waals surface area contributed by atoms with E-state index in [0.717, 1.165) is 23.0 Å². The predicted octanol–water partition coefficient (Wildman–Crippen LogP) is 4.77. The lowest BCUT2D eigenvalue weighted by atomic mass is 10.0. The molecule has 0 radical (unpaired) electrons. The van der Waals surface area contributed by atoms with Crippen molar-refractivity contribution >= 4 is 27.3 Å². The monoisotopic (exact) mass is 346 g/mol. The molecule has 108 valence electrons. The minimum Gasteiger partial charge on any atom is -0.377 e. The maximum Gasteiger partial charge on any atom is 0.270 e. The van der Waals surface area contributed by atoms with E-state index in [2.05, 4.69) is 46.4 Å². The molecule has 5 heteroatoms. The van der Waals surface area contributed by atoms with Gasteiger partial charge in [-0.15, -0.1) is 0 Å². The third-order valence-electron chi connectivity index (χ3n) is 3.87. The molecule has 0 spiro atoms. The van der Waals surface area contributed by atoms with E-state index in [1.165, 1.54) is 28.8 Å². The van der Waals surface area contributed by atoms with Gasteiger partial charge in [0.15, 0.2) is 0 Å². The molecule has 1 aliphatic carbocycles. The van der Waals surface area contributed by atoms with Gasteiger partial charge in [-0.1, -0.05) is 23.8 Å². The van der Waals surface area contributed by atoms with Gasteiger partial charge < -0.3 is 5.32 Å². The van der Waals surface area contributed by atoms with Crippen LogP contribution in [0.1, 0.15) is 29.2 Å². The molecule has 2 aromatic rings. The Hall–Kier alpha value is -1.88. The molecule has 2 aromatic carbocycles. The highest BCUT2D eigenvalue weighted by Crippen LogP contribution is 2.37. The molecule has 0 heterocycles. The van der Waals surface area contributed by atoms with Gasteiger partial charge in [-0.05, 0) is 52.9 Å². The molecule has 0 fully saturated rings. The largest absolute Gasteiger partial charge is 0.377 e. The second-order valence-corrected chi connectivity index (χ2v) is 6.21. The number of benzene rings is 2. The van der Waals surface area contributed by atoms with Crippen molar-refractivity contribution in [1.29, 1.82) is 0 Å². The van der Waals surface area contributed by atoms with Crippen LogP contribution in [-0.2, 0) is 6.42 Å². The number of halogens is 1. The van der Waals surface area contributed by atoms with E-state index in [1.807, 2.05) is 0 Å². The van der Waals surface area contributed by atoms with Crippen molar-refractivity contribution in [2.24, 2.45) is 0 Å². The highest BCUT2D eigenvalue weighted by molar-refractivity contribution is 9.10. The third-order valence-corrected chi connectivity index (χ3v) is 4.53. The first-order chi connectivity index (χ1) is 10.0. The molecule has 0 saturated heterocycles. The topological polar surface area (TPSA) is 55.2 Å². The molecule has 0 saturated carbocycles. The van der Waals surface area contributed by atoms with E-state index in [-0.39, 0.29) is 16.7 Å². The fraction of sp³-hybridized carbons (Fsp3) is 0.250. The molecule has 0 aromatic heterocycles. The van der Waals surface area contributed by atoms with Gasteiger partial charge in [-0.2, -0.15) is 0 Å². The van der Waals surface area contributed by atoms with Crippen LogP contribution in [0.25, 0.3) is 0 Å². The second-order valence-electron chi connectivity index (χ2n) is 5.36. The van der Waals surface area contributed by atoms with Crippen molar-refractivity contribution in [3.8, 4) is 0 Å². The fourth-order valence-electron chi connectivity index (χ4n) is 2.79. The van der Waals surface area contributed by atoms with E-state index in [4.69, 9.17) is 0 Å². The van der Waals surface area contributed by atoms with E-state index in [9.17, 15) is 10.1 Å². The average Bonchev–Trinajstić information content (AvgIpc) is 2.83. The lowest BCUT2D eigenvalue weighted by Crippen LogP contribution is -2.08. The number of nitro groups is 1. The van der Waals surface area contributed by atoms with Gasteiger partial charge in [-0.25, -0.2) is 0 Å². The molecule has 1 N–H and O–H groups in total. The standard InChI is InChI=1S/C16H15BrN2O2/c1-10-2-3-11-4-6-15(13(11)8-10)18-16-7-5-12(19(20)21)9-14(16)17/h2-3,5,7-9,15,18H,4,6H2,1H3. The zero-order valence-corrected chi connectivity index (χ0v) is 13.2. The summed E-state index contributed by atoms with van der Waals surface area (Å²) < 4.78 is 0.720. The number of nitro benzene ring substituents is 1. The molecule has 0 amide bonds. The van der Waals surface area contributed by atoms with Gasteiger partial charge >= 0.3 is 0 Å². The van der Waals surface area contributed by atoms with Crippen molar-refractivity contribution in [3.63, 3.8) is 0 Å². The van der Waals surface area contributed by atoms with Crippen LogP contribution >= 0.6 is 15.9 Å². The van der Waals surface area contributed by atoms with E-state index >= 15 is 0 Å². The highest BCUT2D eigenvalue weighted by atomic mass is 79.9. The first-order valence-electron chi connectivity index (χ1n) is 6.84. The second kappa shape index (κ2) is 5.48. The van der Waals surface area contributed by atoms with Crippen molar-refractivity contribution in [3.05, 3.63) is 67.7 Å². The average molecular weight is 347 g/mol. The molecule has 1 atom stereocenters. The maximum absolute atomic E-state index is 10.8. The van der Waals surface area contributed by atoms with Crippen LogP contribution < -0.4 is 5.32 Å². The number of fused-ring (bicyclic) bond motifs is 1. The molecule has 4 nitrogen and oxygen atoms in total. The lowest BCUT2D eigenvalue weighted by Gasteiger charge is -2.17. The number of hydrogen-bond donors (Lipinski definition) is 1. The zero-order valence-electron chi connectivity index (χ0n) is 11.6. The Bertz CT molecular complexity index is 715. The highest BCUT2D eigenvalue weighted by Gasteiger charge is 2.23. The Labute approximate surface area is 131 Å². The maximum atomic E-state index is 10.8. The summed E-state index contributed by atoms with van der Waals surface area (Å²) >= 11 is 3.41. The Morgan fingerprint density at radius 3 is 2.81 bits per heavy atom. The minimum absolute atomic E-state index is 0.0927. The van der Waals surface area contributed by atoms with Crippen LogP contribution in [0.3, 0.4) is 0 Å². The number of hydrogen-bond acceptors (Lipinski definition) is 3. The molecule has 1 aliphatic rings. The van der Waals surface area contributed by atoms with Gasteiger partial charge in [-0.3, -0.25) is 10.1 Å². The molecule has 1 unspecified atom stereocenters. The van der Waals surface area contributed by atoms with Crippen molar-refractivity contribution < 1.29 is 4.92 Å². The summed E-state index contributed by atoms with van der Waals surface area (Å²) in [7, 11) is 0. The first kappa shape index (κ1) is 14.1. The van der Waals surface area contributed by atoms with Gasteiger partial charge in [0.1, 0.15) is 0 Å². The summed E-state index contributed by atoms with van der Waals surface area (Å²) in [5.41, 5.74) is 4.96. The summed E-state index contributed by atoms with van der Waals surface area (Å²) in [5, 5.41) is 14.3. The normalized spacial score (nSPS) is 16.6. The number of aryl methyl sites for hydroxylation is 2. The van der Waals surface area contributed by atoms with Crippen LogP contribution in [0, 0.1) is 17.0 Å². The van der Waals surface area contributed by atoms with E-state index in [0.29, 0.717) is 0 Å². The smallest absolute Gasteiger partial charge is 0.270 e. The quantitative estimate of drug-likeness (QED) is 0.643. The van der Waals surface area contributed by atoms with Crippen molar-refractivity contribution in [2.45, 2.75) is 25.8 Å². The van der Waals surface area contributed by atoms with Gasteiger partial charge in [0.25, 0.3) is 5.69 Å². The van der Waals surface area contributed by atoms with E-state index in [1.54, 1.807) is 6.07 Å². The van der Waals surface area contributed by atoms with Crippen molar-refractivity contribution in [1.82, 2.24) is 0 Å². The minimum atomic E-state index is -0.386. The van der Waals surface area contributed by atoms with Crippen LogP contribution in [0.4, 0.5) is 11.4 Å². The van der Waals surface area contributed by atoms with Crippen LogP contribution in [-0.4, -0.2) is 4.92 Å². The van der Waals surface area contributed by atoms with Crippen molar-refractivity contribution in [2.75, 3.05) is 5.32 Å². The number of nitrogens with zero attached hydrogens (tertiary/aromatic N) is 1. The summed E-state index contributed by atoms with van der Waals surface area (Å²) in [5.74, 6) is 0. The van der Waals surface area contributed by atoms with E-state index < -0.39 is 0 Å². The van der Waals surface area contributed by atoms with Gasteiger partial charge in [0.05, 0.1) is 11.0 Å². The lowest BCUT2D eigenvalue weighted by molar-refractivity contribution is -0.384. The summed E-state index contributed by atoms with van der Waals surface area (Å²) in [6.07, 6.45) is 2.11. The number of anilines is 1. The Morgan fingerprint density at radius 2 is 2.10 bits per heavy atom. The summed E-state index contributed by atoms with van der Waals surface area (Å²) in [6, 6.07) is 11.6. The van der Waals surface area contributed by atoms with Crippen LogP contribution in [0.2, 0.25) is 0 Å². The third kappa shape index (κ3) is 2.78. The SMILES string of the molecule is Cc1ccc2c(c1)C(Nc1ccc([N+](=O)[O-])cc1Br)CC2. The number of nitrogens with one attached hydrogen (secondary N) is 1. The Morgan fingerprint density at radius 1 is 1.29 bits per heavy atom. The zero-order chi connectivity index (χ0) is 15.0. The molecule has 3 rings (SSSR count). The predicted molar refractivity (Wildman–Crippen MR) is 86.7 cm³/mol. The summed E-state index contributed by atoms with van der Waals surface area (Å²) in [6.45, 7) is 2.09. The first-order valence-corrected chi connectivity index (χ1v) is 7.64. The molecular formula is C16H15BrN2O2. The molecular weight excluding hydrogens is 332 g/mol. The molecule has 0 bridgehead atoms. The van der Waals surface area contributed by atoms with Crippen LogP contribution in [0.15, 0.2) is 40.9 Å². The molecule has 21 heavy (non-hydrogen) atoms. The Balaban J connectivity index is 1.86. The molecule has 0 aliphatic heterocycles.